The smallest absolute Gasteiger partial charge is 0.121 e. The van der Waals surface area contributed by atoms with Crippen molar-refractivity contribution in [2.75, 3.05) is 7.05 Å². The minimum absolute atomic E-state index is 0.211. The number of hydrogen-bond acceptors (Lipinski definition) is 3. The molecule has 0 radical (unpaired) electrons. The molecule has 86 valence electrons. The molecule has 2 N–H and O–H groups in total. The second-order valence-electron chi connectivity index (χ2n) is 4.60. The van der Waals surface area contributed by atoms with E-state index in [-0.39, 0.29) is 5.54 Å². The second kappa shape index (κ2) is 4.81. The average Bonchev–Trinajstić information content (AvgIpc) is 2.65. The van der Waals surface area contributed by atoms with E-state index in [1.807, 2.05) is 6.07 Å². The Morgan fingerprint density at radius 1 is 1.47 bits per heavy atom. The minimum atomic E-state index is 0.211. The Bertz CT molecular complexity index is 304. The Morgan fingerprint density at radius 2 is 2.13 bits per heavy atom. The summed E-state index contributed by atoms with van der Waals surface area (Å²) in [7, 11) is 2.14. The molecule has 0 bridgehead atoms. The first kappa shape index (κ1) is 12.3. The maximum Gasteiger partial charge on any atom is 0.121 e. The zero-order valence-corrected chi connectivity index (χ0v) is 10.2. The zero-order valence-electron chi connectivity index (χ0n) is 10.2. The lowest BCUT2D eigenvalue weighted by molar-refractivity contribution is 0.142. The first-order chi connectivity index (χ1) is 7.01. The summed E-state index contributed by atoms with van der Waals surface area (Å²) >= 11 is 0. The van der Waals surface area contributed by atoms with E-state index < -0.39 is 0 Å². The third-order valence-corrected chi connectivity index (χ3v) is 3.33. The number of rotatable bonds is 5. The molecule has 0 aromatic carbocycles. The molecule has 0 aliphatic rings. The van der Waals surface area contributed by atoms with Gasteiger partial charge in [-0.05, 0) is 33.4 Å². The van der Waals surface area contributed by atoms with Crippen LogP contribution in [0.4, 0.5) is 0 Å². The molecule has 3 heteroatoms. The topological polar surface area (TPSA) is 42.4 Å². The minimum Gasteiger partial charge on any atom is -0.468 e. The summed E-state index contributed by atoms with van der Waals surface area (Å²) in [6, 6.07) is 2.00. The third-order valence-electron chi connectivity index (χ3n) is 3.33. The number of hydrogen-bond donors (Lipinski definition) is 1. The Balaban J connectivity index is 2.70. The fourth-order valence-electron chi connectivity index (χ4n) is 1.43. The quantitative estimate of drug-likeness (QED) is 0.811. The largest absolute Gasteiger partial charge is 0.468 e. The normalized spacial score (nSPS) is 12.4. The van der Waals surface area contributed by atoms with Crippen molar-refractivity contribution in [3.8, 4) is 0 Å². The average molecular weight is 210 g/mol. The summed E-state index contributed by atoms with van der Waals surface area (Å²) in [6.07, 6.45) is 2.84. The molecule has 3 nitrogen and oxygen atoms in total. The lowest BCUT2D eigenvalue weighted by atomic mass is 9.99. The molecule has 0 aliphatic carbocycles. The Labute approximate surface area is 92.2 Å². The van der Waals surface area contributed by atoms with Crippen LogP contribution in [-0.2, 0) is 13.1 Å². The van der Waals surface area contributed by atoms with Gasteiger partial charge in [0.2, 0.25) is 0 Å². The van der Waals surface area contributed by atoms with Gasteiger partial charge >= 0.3 is 0 Å². The van der Waals surface area contributed by atoms with Crippen molar-refractivity contribution in [3.05, 3.63) is 23.7 Å². The van der Waals surface area contributed by atoms with E-state index >= 15 is 0 Å². The molecule has 15 heavy (non-hydrogen) atoms. The van der Waals surface area contributed by atoms with Gasteiger partial charge in [-0.1, -0.05) is 6.92 Å². The fourth-order valence-corrected chi connectivity index (χ4v) is 1.43. The van der Waals surface area contributed by atoms with Crippen LogP contribution in [0.3, 0.4) is 0 Å². The van der Waals surface area contributed by atoms with Gasteiger partial charge in [-0.2, -0.15) is 0 Å². The highest BCUT2D eigenvalue weighted by atomic mass is 16.3. The van der Waals surface area contributed by atoms with Crippen LogP contribution in [-0.4, -0.2) is 17.5 Å². The summed E-state index contributed by atoms with van der Waals surface area (Å²) in [6.45, 7) is 8.06. The van der Waals surface area contributed by atoms with Gasteiger partial charge in [-0.3, -0.25) is 4.90 Å². The predicted octanol–water partition coefficient (Wildman–Crippen LogP) is 2.36. The number of furan rings is 1. The van der Waals surface area contributed by atoms with Gasteiger partial charge in [0.25, 0.3) is 0 Å². The molecule has 1 aromatic heterocycles. The van der Waals surface area contributed by atoms with Gasteiger partial charge in [0, 0.05) is 17.6 Å². The lowest BCUT2D eigenvalue weighted by Gasteiger charge is -2.34. The van der Waals surface area contributed by atoms with E-state index in [9.17, 15) is 0 Å². The standard InChI is InChI=1S/C12H22N2O/c1-5-12(2,3)14(4)9-10-6-7-15-11(10)8-13/h6-7H,5,8-9,13H2,1-4H3. The fraction of sp³-hybridized carbons (Fsp3) is 0.667. The van der Waals surface area contributed by atoms with Crippen molar-refractivity contribution in [2.45, 2.75) is 45.8 Å². The van der Waals surface area contributed by atoms with Gasteiger partial charge in [0.1, 0.15) is 5.76 Å². The van der Waals surface area contributed by atoms with Crippen molar-refractivity contribution in [3.63, 3.8) is 0 Å². The van der Waals surface area contributed by atoms with Gasteiger partial charge in [0.15, 0.2) is 0 Å². The molecule has 0 atom stereocenters. The third kappa shape index (κ3) is 2.83. The van der Waals surface area contributed by atoms with E-state index in [0.717, 1.165) is 18.7 Å². The number of nitrogens with zero attached hydrogens (tertiary/aromatic N) is 1. The van der Waals surface area contributed by atoms with Crippen LogP contribution in [0.5, 0.6) is 0 Å². The molecular formula is C12H22N2O. The van der Waals surface area contributed by atoms with Crippen molar-refractivity contribution >= 4 is 0 Å². The Morgan fingerprint density at radius 3 is 2.67 bits per heavy atom. The molecule has 0 aliphatic heterocycles. The van der Waals surface area contributed by atoms with Crippen LogP contribution in [0.25, 0.3) is 0 Å². The summed E-state index contributed by atoms with van der Waals surface area (Å²) in [5.41, 5.74) is 7.01. The van der Waals surface area contributed by atoms with Crippen LogP contribution < -0.4 is 5.73 Å². The maximum absolute atomic E-state index is 5.60. The van der Waals surface area contributed by atoms with E-state index in [1.54, 1.807) is 6.26 Å². The van der Waals surface area contributed by atoms with Gasteiger partial charge < -0.3 is 10.2 Å². The molecule has 0 saturated carbocycles. The van der Waals surface area contributed by atoms with Gasteiger partial charge in [-0.15, -0.1) is 0 Å². The van der Waals surface area contributed by atoms with Crippen LogP contribution in [0.2, 0.25) is 0 Å². The summed E-state index contributed by atoms with van der Waals surface area (Å²) in [4.78, 5) is 2.33. The first-order valence-electron chi connectivity index (χ1n) is 5.47. The zero-order chi connectivity index (χ0) is 11.5. The number of nitrogens with two attached hydrogens (primary N) is 1. The van der Waals surface area contributed by atoms with Crippen molar-refractivity contribution in [1.29, 1.82) is 0 Å². The second-order valence-corrected chi connectivity index (χ2v) is 4.60. The molecule has 0 unspecified atom stereocenters. The molecule has 0 spiro atoms. The van der Waals surface area contributed by atoms with E-state index in [1.165, 1.54) is 5.56 Å². The highest BCUT2D eigenvalue weighted by Crippen LogP contribution is 2.21. The first-order valence-corrected chi connectivity index (χ1v) is 5.47. The van der Waals surface area contributed by atoms with Crippen LogP contribution in [0.1, 0.15) is 38.5 Å². The summed E-state index contributed by atoms with van der Waals surface area (Å²) in [5.74, 6) is 0.897. The molecule has 1 aromatic rings. The Kier molecular flexibility index (Phi) is 3.94. The van der Waals surface area contributed by atoms with Crippen molar-refractivity contribution in [1.82, 2.24) is 4.90 Å². The summed E-state index contributed by atoms with van der Waals surface area (Å²) < 4.78 is 5.31. The molecule has 0 amide bonds. The van der Waals surface area contributed by atoms with Crippen LogP contribution in [0, 0.1) is 0 Å². The highest BCUT2D eigenvalue weighted by molar-refractivity contribution is 5.16. The van der Waals surface area contributed by atoms with Crippen LogP contribution >= 0.6 is 0 Å². The van der Waals surface area contributed by atoms with Gasteiger partial charge in [-0.25, -0.2) is 0 Å². The lowest BCUT2D eigenvalue weighted by Crippen LogP contribution is -2.39. The van der Waals surface area contributed by atoms with Gasteiger partial charge in [0.05, 0.1) is 12.8 Å². The summed E-state index contributed by atoms with van der Waals surface area (Å²) in [5, 5.41) is 0. The molecule has 0 saturated heterocycles. The van der Waals surface area contributed by atoms with Crippen molar-refractivity contribution < 1.29 is 4.42 Å². The molecule has 1 rings (SSSR count). The monoisotopic (exact) mass is 210 g/mol. The van der Waals surface area contributed by atoms with E-state index in [4.69, 9.17) is 10.2 Å². The molecular weight excluding hydrogens is 188 g/mol. The van der Waals surface area contributed by atoms with Crippen LogP contribution in [0.15, 0.2) is 16.7 Å². The SMILES string of the molecule is CCC(C)(C)N(C)Cc1ccoc1CN. The highest BCUT2D eigenvalue weighted by Gasteiger charge is 2.22. The maximum atomic E-state index is 5.60. The predicted molar refractivity (Wildman–Crippen MR) is 62.4 cm³/mol. The molecule has 0 fully saturated rings. The Hall–Kier alpha value is -0.800. The van der Waals surface area contributed by atoms with E-state index in [2.05, 4.69) is 32.7 Å². The van der Waals surface area contributed by atoms with E-state index in [0.29, 0.717) is 6.54 Å². The van der Waals surface area contributed by atoms with Crippen molar-refractivity contribution in [2.24, 2.45) is 5.73 Å². The molecule has 1 heterocycles.